The van der Waals surface area contributed by atoms with Crippen LogP contribution < -0.4 is 4.74 Å². The second kappa shape index (κ2) is 5.12. The van der Waals surface area contributed by atoms with Gasteiger partial charge in [0.25, 0.3) is 0 Å². The molecule has 0 heterocycles. The number of ether oxygens (including phenoxy) is 1. The molecule has 0 unspecified atom stereocenters. The Morgan fingerprint density at radius 3 is 2.56 bits per heavy atom. The molecule has 0 amide bonds. The number of aldehydes is 1. The molecule has 0 saturated carbocycles. The van der Waals surface area contributed by atoms with E-state index >= 15 is 0 Å². The van der Waals surface area contributed by atoms with Crippen LogP contribution in [0.5, 0.6) is 5.75 Å². The standard InChI is InChI=1S/C11H14O4S/c1-3-16(13,14)10-6-4-5-9(7-8-12)11(10)15-2/h4-6,8H,3,7H2,1-2H3. The molecule has 16 heavy (non-hydrogen) atoms. The molecule has 1 aromatic carbocycles. The van der Waals surface area contributed by atoms with Crippen molar-refractivity contribution in [3.05, 3.63) is 23.8 Å². The number of carbonyl (C=O) groups is 1. The van der Waals surface area contributed by atoms with Gasteiger partial charge in [-0.05, 0) is 6.07 Å². The molecule has 0 aliphatic rings. The Bertz CT molecular complexity index is 477. The summed E-state index contributed by atoms with van der Waals surface area (Å²) in [5, 5.41) is 0. The minimum absolute atomic E-state index is 0.00784. The molecular formula is C11H14O4S. The summed E-state index contributed by atoms with van der Waals surface area (Å²) >= 11 is 0. The van der Waals surface area contributed by atoms with E-state index in [0.717, 1.165) is 6.29 Å². The van der Waals surface area contributed by atoms with Gasteiger partial charge in [-0.25, -0.2) is 8.42 Å². The van der Waals surface area contributed by atoms with Crippen LogP contribution in [0.1, 0.15) is 12.5 Å². The van der Waals surface area contributed by atoms with E-state index in [1.54, 1.807) is 19.1 Å². The van der Waals surface area contributed by atoms with Gasteiger partial charge in [-0.1, -0.05) is 19.1 Å². The molecule has 0 bridgehead atoms. The maximum absolute atomic E-state index is 11.8. The van der Waals surface area contributed by atoms with Crippen molar-refractivity contribution < 1.29 is 17.9 Å². The van der Waals surface area contributed by atoms with Crippen molar-refractivity contribution in [2.45, 2.75) is 18.2 Å². The van der Waals surface area contributed by atoms with Gasteiger partial charge >= 0.3 is 0 Å². The molecule has 1 aromatic rings. The van der Waals surface area contributed by atoms with Crippen molar-refractivity contribution in [2.24, 2.45) is 0 Å². The average molecular weight is 242 g/mol. The zero-order valence-corrected chi connectivity index (χ0v) is 10.1. The Hall–Kier alpha value is -1.36. The number of sulfone groups is 1. The van der Waals surface area contributed by atoms with Crippen molar-refractivity contribution in [2.75, 3.05) is 12.9 Å². The topological polar surface area (TPSA) is 60.4 Å². The Morgan fingerprint density at radius 2 is 2.06 bits per heavy atom. The lowest BCUT2D eigenvalue weighted by Crippen LogP contribution is -2.07. The molecular weight excluding hydrogens is 228 g/mol. The van der Waals surface area contributed by atoms with Gasteiger partial charge in [0.1, 0.15) is 16.9 Å². The number of benzene rings is 1. The van der Waals surface area contributed by atoms with Crippen LogP contribution in [0.15, 0.2) is 23.1 Å². The van der Waals surface area contributed by atoms with Crippen LogP contribution in [-0.4, -0.2) is 27.6 Å². The van der Waals surface area contributed by atoms with Crippen molar-refractivity contribution in [3.8, 4) is 5.75 Å². The van der Waals surface area contributed by atoms with Crippen LogP contribution >= 0.6 is 0 Å². The fourth-order valence-corrected chi connectivity index (χ4v) is 2.54. The van der Waals surface area contributed by atoms with E-state index in [-0.39, 0.29) is 22.8 Å². The predicted octanol–water partition coefficient (Wildman–Crippen LogP) is 1.23. The summed E-state index contributed by atoms with van der Waals surface area (Å²) in [7, 11) is -1.92. The molecule has 0 N–H and O–H groups in total. The molecule has 0 radical (unpaired) electrons. The molecule has 4 nitrogen and oxygen atoms in total. The molecule has 0 aliphatic carbocycles. The summed E-state index contributed by atoms with van der Waals surface area (Å²) in [6.07, 6.45) is 0.871. The molecule has 0 atom stereocenters. The van der Waals surface area contributed by atoms with Gasteiger partial charge in [-0.2, -0.15) is 0 Å². The number of methoxy groups -OCH3 is 1. The number of carbonyl (C=O) groups excluding carboxylic acids is 1. The van der Waals surface area contributed by atoms with E-state index in [4.69, 9.17) is 4.74 Å². The van der Waals surface area contributed by atoms with Gasteiger partial charge in [-0.3, -0.25) is 0 Å². The highest BCUT2D eigenvalue weighted by Gasteiger charge is 2.19. The van der Waals surface area contributed by atoms with Crippen LogP contribution in [-0.2, 0) is 21.1 Å². The normalized spacial score (nSPS) is 11.1. The highest BCUT2D eigenvalue weighted by molar-refractivity contribution is 7.91. The largest absolute Gasteiger partial charge is 0.495 e. The SMILES string of the molecule is CCS(=O)(=O)c1cccc(CC=O)c1OC. The average Bonchev–Trinajstić information content (AvgIpc) is 2.29. The first-order valence-corrected chi connectivity index (χ1v) is 6.54. The van der Waals surface area contributed by atoms with Crippen molar-refractivity contribution in [1.29, 1.82) is 0 Å². The van der Waals surface area contributed by atoms with Gasteiger partial charge in [0.15, 0.2) is 9.84 Å². The molecule has 0 saturated heterocycles. The molecule has 1 rings (SSSR count). The van der Waals surface area contributed by atoms with E-state index in [2.05, 4.69) is 0 Å². The minimum Gasteiger partial charge on any atom is -0.495 e. The van der Waals surface area contributed by atoms with Crippen LogP contribution in [0.4, 0.5) is 0 Å². The maximum Gasteiger partial charge on any atom is 0.181 e. The predicted molar refractivity (Wildman–Crippen MR) is 60.5 cm³/mol. The first-order chi connectivity index (χ1) is 7.56. The molecule has 5 heteroatoms. The monoisotopic (exact) mass is 242 g/mol. The number of para-hydroxylation sites is 1. The van der Waals surface area contributed by atoms with Gasteiger partial charge in [0.2, 0.25) is 0 Å². The zero-order chi connectivity index (χ0) is 12.2. The molecule has 0 spiro atoms. The van der Waals surface area contributed by atoms with Crippen LogP contribution in [0.3, 0.4) is 0 Å². The Balaban J connectivity index is 3.40. The first-order valence-electron chi connectivity index (χ1n) is 4.89. The highest BCUT2D eigenvalue weighted by Crippen LogP contribution is 2.28. The fraction of sp³-hybridized carbons (Fsp3) is 0.364. The second-order valence-corrected chi connectivity index (χ2v) is 5.47. The lowest BCUT2D eigenvalue weighted by atomic mass is 10.1. The Morgan fingerprint density at radius 1 is 1.38 bits per heavy atom. The number of hydrogen-bond acceptors (Lipinski definition) is 4. The summed E-state index contributed by atoms with van der Waals surface area (Å²) in [6.45, 7) is 1.57. The highest BCUT2D eigenvalue weighted by atomic mass is 32.2. The van der Waals surface area contributed by atoms with Gasteiger partial charge < -0.3 is 9.53 Å². The molecule has 0 aliphatic heterocycles. The summed E-state index contributed by atoms with van der Waals surface area (Å²) in [4.78, 5) is 10.6. The third-order valence-corrected chi connectivity index (χ3v) is 4.03. The van der Waals surface area contributed by atoms with E-state index in [0.29, 0.717) is 5.56 Å². The van der Waals surface area contributed by atoms with Crippen molar-refractivity contribution in [1.82, 2.24) is 0 Å². The Kier molecular flexibility index (Phi) is 4.06. The Labute approximate surface area is 95.2 Å². The summed E-state index contributed by atoms with van der Waals surface area (Å²) in [6, 6.07) is 4.79. The number of hydrogen-bond donors (Lipinski definition) is 0. The van der Waals surface area contributed by atoms with E-state index in [1.807, 2.05) is 0 Å². The summed E-state index contributed by atoms with van der Waals surface area (Å²) in [5.41, 5.74) is 0.590. The van der Waals surface area contributed by atoms with Gasteiger partial charge in [0.05, 0.1) is 12.9 Å². The fourth-order valence-electron chi connectivity index (χ4n) is 1.44. The summed E-state index contributed by atoms with van der Waals surface area (Å²) in [5.74, 6) is 0.282. The first kappa shape index (κ1) is 12.7. The smallest absolute Gasteiger partial charge is 0.181 e. The van der Waals surface area contributed by atoms with E-state index in [1.165, 1.54) is 13.2 Å². The van der Waals surface area contributed by atoms with Gasteiger partial charge in [-0.15, -0.1) is 0 Å². The third-order valence-electron chi connectivity index (χ3n) is 2.28. The minimum atomic E-state index is -3.32. The molecule has 0 fully saturated rings. The van der Waals surface area contributed by atoms with Crippen LogP contribution in [0.2, 0.25) is 0 Å². The number of rotatable bonds is 5. The molecule has 88 valence electrons. The molecule has 0 aromatic heterocycles. The lowest BCUT2D eigenvalue weighted by molar-refractivity contribution is -0.107. The van der Waals surface area contributed by atoms with Gasteiger partial charge in [0, 0.05) is 12.0 Å². The van der Waals surface area contributed by atoms with Crippen molar-refractivity contribution in [3.63, 3.8) is 0 Å². The quantitative estimate of drug-likeness (QED) is 0.729. The lowest BCUT2D eigenvalue weighted by Gasteiger charge is -2.11. The maximum atomic E-state index is 11.8. The van der Waals surface area contributed by atoms with E-state index in [9.17, 15) is 13.2 Å². The van der Waals surface area contributed by atoms with Crippen molar-refractivity contribution >= 4 is 16.1 Å². The van der Waals surface area contributed by atoms with E-state index < -0.39 is 9.84 Å². The van der Waals surface area contributed by atoms with Crippen LogP contribution in [0.25, 0.3) is 0 Å². The third kappa shape index (κ3) is 2.41. The zero-order valence-electron chi connectivity index (χ0n) is 9.26. The van der Waals surface area contributed by atoms with Crippen LogP contribution in [0, 0.1) is 0 Å². The second-order valence-electron chi connectivity index (χ2n) is 3.22. The summed E-state index contributed by atoms with van der Waals surface area (Å²) < 4.78 is 28.6.